The van der Waals surface area contributed by atoms with Crippen molar-refractivity contribution >= 4 is 5.96 Å². The molecule has 4 nitrogen and oxygen atoms in total. The number of nitrogens with zero attached hydrogens (tertiary/aromatic N) is 2. The van der Waals surface area contributed by atoms with Crippen molar-refractivity contribution < 1.29 is 4.39 Å². The zero-order chi connectivity index (χ0) is 16.5. The largest absolute Gasteiger partial charge is 0.356 e. The number of benzene rings is 1. The molecule has 1 heterocycles. The van der Waals surface area contributed by atoms with Crippen LogP contribution in [0.3, 0.4) is 0 Å². The van der Waals surface area contributed by atoms with Crippen molar-refractivity contribution in [3.05, 3.63) is 48.3 Å². The van der Waals surface area contributed by atoms with Crippen molar-refractivity contribution in [2.75, 3.05) is 33.2 Å². The Morgan fingerprint density at radius 1 is 1.35 bits per heavy atom. The molecular weight excluding hydrogens is 291 g/mol. The molecule has 1 aliphatic rings. The molecule has 1 aromatic rings. The van der Waals surface area contributed by atoms with Gasteiger partial charge in [-0.2, -0.15) is 0 Å². The topological polar surface area (TPSA) is 39.7 Å². The second kappa shape index (κ2) is 9.30. The van der Waals surface area contributed by atoms with Gasteiger partial charge in [-0.15, -0.1) is 6.58 Å². The standard InChI is InChI=1S/C18H27FN4/c1-3-10-21-18(20-2)22-13-15-8-11-23(12-9-15)14-16-6-4-5-7-17(16)19/h3-7,15H,1,8-14H2,2H3,(H2,20,21,22). The van der Waals surface area contributed by atoms with E-state index in [2.05, 4.69) is 27.1 Å². The first kappa shape index (κ1) is 17.5. The van der Waals surface area contributed by atoms with Gasteiger partial charge in [0, 0.05) is 32.2 Å². The minimum absolute atomic E-state index is 0.103. The van der Waals surface area contributed by atoms with Gasteiger partial charge in [-0.25, -0.2) is 4.39 Å². The van der Waals surface area contributed by atoms with Gasteiger partial charge in [0.25, 0.3) is 0 Å². The van der Waals surface area contributed by atoms with Crippen LogP contribution in [-0.4, -0.2) is 44.1 Å². The van der Waals surface area contributed by atoms with Gasteiger partial charge in [0.1, 0.15) is 5.82 Å². The van der Waals surface area contributed by atoms with Crippen LogP contribution in [0.25, 0.3) is 0 Å². The van der Waals surface area contributed by atoms with Crippen molar-refractivity contribution in [1.82, 2.24) is 15.5 Å². The van der Waals surface area contributed by atoms with Crippen molar-refractivity contribution in [3.63, 3.8) is 0 Å². The van der Waals surface area contributed by atoms with Crippen LogP contribution in [0.5, 0.6) is 0 Å². The predicted molar refractivity (Wildman–Crippen MR) is 94.0 cm³/mol. The number of rotatable bonds is 6. The summed E-state index contributed by atoms with van der Waals surface area (Å²) in [6, 6.07) is 7.05. The fraction of sp³-hybridized carbons (Fsp3) is 0.500. The number of likely N-dealkylation sites (tertiary alicyclic amines) is 1. The highest BCUT2D eigenvalue weighted by Crippen LogP contribution is 2.19. The molecule has 0 aliphatic carbocycles. The Hall–Kier alpha value is -1.88. The predicted octanol–water partition coefficient (Wildman–Crippen LogP) is 2.39. The van der Waals surface area contributed by atoms with E-state index in [1.54, 1.807) is 13.1 Å². The van der Waals surface area contributed by atoms with E-state index in [-0.39, 0.29) is 5.82 Å². The number of aliphatic imine (C=N–C) groups is 1. The molecule has 1 saturated heterocycles. The Morgan fingerprint density at radius 3 is 2.74 bits per heavy atom. The maximum absolute atomic E-state index is 13.7. The minimum Gasteiger partial charge on any atom is -0.356 e. The number of halogens is 1. The van der Waals surface area contributed by atoms with Crippen molar-refractivity contribution in [1.29, 1.82) is 0 Å². The third kappa shape index (κ3) is 5.67. The first-order valence-corrected chi connectivity index (χ1v) is 8.24. The van der Waals surface area contributed by atoms with Crippen molar-refractivity contribution in [2.24, 2.45) is 10.9 Å². The number of nitrogens with one attached hydrogen (secondary N) is 2. The highest BCUT2D eigenvalue weighted by atomic mass is 19.1. The van der Waals surface area contributed by atoms with Crippen LogP contribution in [0.4, 0.5) is 4.39 Å². The van der Waals surface area contributed by atoms with Crippen LogP contribution in [-0.2, 0) is 6.54 Å². The summed E-state index contributed by atoms with van der Waals surface area (Å²) < 4.78 is 13.7. The van der Waals surface area contributed by atoms with Gasteiger partial charge in [-0.1, -0.05) is 24.3 Å². The molecule has 1 aromatic carbocycles. The Balaban J connectivity index is 1.71. The van der Waals surface area contributed by atoms with Crippen LogP contribution in [0.2, 0.25) is 0 Å². The lowest BCUT2D eigenvalue weighted by molar-refractivity contribution is 0.176. The molecule has 0 unspecified atom stereocenters. The first-order chi connectivity index (χ1) is 11.2. The molecule has 126 valence electrons. The molecule has 2 N–H and O–H groups in total. The molecule has 0 spiro atoms. The average molecular weight is 318 g/mol. The monoisotopic (exact) mass is 318 g/mol. The zero-order valence-electron chi connectivity index (χ0n) is 13.9. The van der Waals surface area contributed by atoms with Gasteiger partial charge in [-0.05, 0) is 37.9 Å². The van der Waals surface area contributed by atoms with Crippen LogP contribution in [0.15, 0.2) is 41.9 Å². The number of guanidine groups is 1. The molecule has 0 atom stereocenters. The van der Waals surface area contributed by atoms with Gasteiger partial charge in [0.2, 0.25) is 0 Å². The summed E-state index contributed by atoms with van der Waals surface area (Å²) in [7, 11) is 1.77. The third-order valence-corrected chi connectivity index (χ3v) is 4.25. The van der Waals surface area contributed by atoms with Crippen LogP contribution in [0, 0.1) is 11.7 Å². The van der Waals surface area contributed by atoms with E-state index in [9.17, 15) is 4.39 Å². The Bertz CT molecular complexity index is 522. The summed E-state index contributed by atoms with van der Waals surface area (Å²) in [4.78, 5) is 6.52. The van der Waals surface area contributed by atoms with Gasteiger partial charge < -0.3 is 10.6 Å². The average Bonchev–Trinajstić information content (AvgIpc) is 2.58. The Labute approximate surface area is 138 Å². The quantitative estimate of drug-likeness (QED) is 0.481. The van der Waals surface area contributed by atoms with E-state index in [0.29, 0.717) is 19.0 Å². The number of hydrogen-bond donors (Lipinski definition) is 2. The van der Waals surface area contributed by atoms with Crippen LogP contribution in [0.1, 0.15) is 18.4 Å². The van der Waals surface area contributed by atoms with Gasteiger partial charge in [0.05, 0.1) is 0 Å². The summed E-state index contributed by atoms with van der Waals surface area (Å²) in [5.41, 5.74) is 0.790. The summed E-state index contributed by atoms with van der Waals surface area (Å²) in [5, 5.41) is 6.54. The van der Waals surface area contributed by atoms with E-state index in [4.69, 9.17) is 0 Å². The zero-order valence-corrected chi connectivity index (χ0v) is 13.9. The fourth-order valence-corrected chi connectivity index (χ4v) is 2.85. The Kier molecular flexibility index (Phi) is 7.07. The molecule has 0 radical (unpaired) electrons. The molecule has 0 amide bonds. The SMILES string of the molecule is C=CCNC(=NC)NCC1CCN(Cc2ccccc2F)CC1. The van der Waals surface area contributed by atoms with E-state index in [1.165, 1.54) is 6.07 Å². The molecule has 23 heavy (non-hydrogen) atoms. The van der Waals surface area contributed by atoms with Crippen molar-refractivity contribution in [3.8, 4) is 0 Å². The third-order valence-electron chi connectivity index (χ3n) is 4.25. The molecule has 5 heteroatoms. The van der Waals surface area contributed by atoms with Crippen LogP contribution < -0.4 is 10.6 Å². The highest BCUT2D eigenvalue weighted by Gasteiger charge is 2.20. The van der Waals surface area contributed by atoms with Gasteiger partial charge in [0.15, 0.2) is 5.96 Å². The van der Waals surface area contributed by atoms with E-state index < -0.39 is 0 Å². The lowest BCUT2D eigenvalue weighted by Crippen LogP contribution is -2.42. The molecule has 1 aliphatic heterocycles. The van der Waals surface area contributed by atoms with Gasteiger partial charge in [-0.3, -0.25) is 9.89 Å². The second-order valence-corrected chi connectivity index (χ2v) is 5.93. The lowest BCUT2D eigenvalue weighted by Gasteiger charge is -2.32. The number of hydrogen-bond acceptors (Lipinski definition) is 2. The Morgan fingerprint density at radius 2 is 2.09 bits per heavy atom. The summed E-state index contributed by atoms with van der Waals surface area (Å²) in [5.74, 6) is 1.35. The summed E-state index contributed by atoms with van der Waals surface area (Å²) in [6.07, 6.45) is 4.06. The maximum Gasteiger partial charge on any atom is 0.191 e. The molecular formula is C18H27FN4. The van der Waals surface area contributed by atoms with Crippen LogP contribution >= 0.6 is 0 Å². The van der Waals surface area contributed by atoms with E-state index in [0.717, 1.165) is 44.0 Å². The van der Waals surface area contributed by atoms with E-state index >= 15 is 0 Å². The minimum atomic E-state index is -0.103. The maximum atomic E-state index is 13.7. The number of piperidine rings is 1. The summed E-state index contributed by atoms with van der Waals surface area (Å²) in [6.45, 7) is 8.05. The lowest BCUT2D eigenvalue weighted by atomic mass is 9.96. The normalized spacial score (nSPS) is 17.0. The van der Waals surface area contributed by atoms with E-state index in [1.807, 2.05) is 18.2 Å². The molecule has 1 fully saturated rings. The van der Waals surface area contributed by atoms with Crippen molar-refractivity contribution in [2.45, 2.75) is 19.4 Å². The fourth-order valence-electron chi connectivity index (χ4n) is 2.85. The first-order valence-electron chi connectivity index (χ1n) is 8.24. The second-order valence-electron chi connectivity index (χ2n) is 5.93. The highest BCUT2D eigenvalue weighted by molar-refractivity contribution is 5.79. The van der Waals surface area contributed by atoms with Gasteiger partial charge >= 0.3 is 0 Å². The smallest absolute Gasteiger partial charge is 0.191 e. The molecule has 2 rings (SSSR count). The molecule has 0 aromatic heterocycles. The summed E-state index contributed by atoms with van der Waals surface area (Å²) >= 11 is 0. The molecule has 0 saturated carbocycles. The molecule has 0 bridgehead atoms.